The van der Waals surface area contributed by atoms with Crippen LogP contribution in [-0.2, 0) is 11.3 Å². The van der Waals surface area contributed by atoms with E-state index in [1.807, 2.05) is 42.3 Å². The molecular weight excluding hydrogens is 354 g/mol. The fraction of sp³-hybridized carbons (Fsp3) is 0.143. The molecule has 0 fully saturated rings. The average Bonchev–Trinajstić information content (AvgIpc) is 2.70. The van der Waals surface area contributed by atoms with Gasteiger partial charge in [0.05, 0.1) is 0 Å². The van der Waals surface area contributed by atoms with E-state index in [-0.39, 0.29) is 17.5 Å². The zero-order chi connectivity index (χ0) is 19.9. The van der Waals surface area contributed by atoms with Gasteiger partial charge in [0.25, 0.3) is 5.91 Å². The molecule has 7 nitrogen and oxygen atoms in total. The summed E-state index contributed by atoms with van der Waals surface area (Å²) in [6.07, 6.45) is 0. The maximum Gasteiger partial charge on any atom is 0.276 e. The van der Waals surface area contributed by atoms with Gasteiger partial charge in [-0.1, -0.05) is 30.3 Å². The minimum Gasteiger partial charge on any atom is -0.354 e. The fourth-order valence-electron chi connectivity index (χ4n) is 2.62. The number of carbonyl (C=O) groups is 2. The van der Waals surface area contributed by atoms with Gasteiger partial charge in [-0.25, -0.2) is 0 Å². The van der Waals surface area contributed by atoms with E-state index < -0.39 is 0 Å². The van der Waals surface area contributed by atoms with Gasteiger partial charge in [0.2, 0.25) is 5.91 Å². The molecule has 3 aromatic rings. The van der Waals surface area contributed by atoms with Crippen LogP contribution in [0.25, 0.3) is 0 Å². The van der Waals surface area contributed by atoms with Crippen LogP contribution in [0.15, 0.2) is 66.7 Å². The van der Waals surface area contributed by atoms with E-state index in [9.17, 15) is 9.59 Å². The van der Waals surface area contributed by atoms with E-state index >= 15 is 0 Å². The maximum atomic E-state index is 12.4. The van der Waals surface area contributed by atoms with Crippen LogP contribution < -0.4 is 15.5 Å². The molecule has 0 unspecified atom stereocenters. The number of carbonyl (C=O) groups excluding carboxylic acids is 2. The number of amides is 2. The molecule has 1 aromatic heterocycles. The third-order valence-electron chi connectivity index (χ3n) is 4.00. The summed E-state index contributed by atoms with van der Waals surface area (Å²) >= 11 is 0. The van der Waals surface area contributed by atoms with Crippen molar-refractivity contribution in [2.24, 2.45) is 0 Å². The van der Waals surface area contributed by atoms with E-state index in [2.05, 4.69) is 20.8 Å². The van der Waals surface area contributed by atoms with Gasteiger partial charge in [-0.2, -0.15) is 0 Å². The Labute approximate surface area is 163 Å². The van der Waals surface area contributed by atoms with Gasteiger partial charge in [0.1, 0.15) is 0 Å². The first kappa shape index (κ1) is 19.0. The molecule has 142 valence electrons. The van der Waals surface area contributed by atoms with E-state index in [0.29, 0.717) is 23.7 Å². The van der Waals surface area contributed by atoms with Gasteiger partial charge in [-0.05, 0) is 42.0 Å². The molecule has 1 heterocycles. The molecular formula is C21H21N5O2. The van der Waals surface area contributed by atoms with E-state index in [4.69, 9.17) is 0 Å². The largest absolute Gasteiger partial charge is 0.354 e. The Morgan fingerprint density at radius 2 is 1.50 bits per heavy atom. The van der Waals surface area contributed by atoms with Crippen LogP contribution in [0.2, 0.25) is 0 Å². The Balaban J connectivity index is 1.61. The molecule has 28 heavy (non-hydrogen) atoms. The highest BCUT2D eigenvalue weighted by atomic mass is 16.2. The lowest BCUT2D eigenvalue weighted by Crippen LogP contribution is -2.20. The molecule has 0 saturated carbocycles. The Kier molecular flexibility index (Phi) is 5.96. The van der Waals surface area contributed by atoms with Crippen molar-refractivity contribution in [3.8, 4) is 0 Å². The smallest absolute Gasteiger partial charge is 0.276 e. The Bertz CT molecular complexity index is 941. The highest BCUT2D eigenvalue weighted by molar-refractivity contribution is 6.03. The van der Waals surface area contributed by atoms with Crippen LogP contribution in [-0.4, -0.2) is 29.1 Å². The number of hydrogen-bond acceptors (Lipinski definition) is 5. The first-order chi connectivity index (χ1) is 13.5. The van der Waals surface area contributed by atoms with E-state index in [1.54, 1.807) is 36.4 Å². The lowest BCUT2D eigenvalue weighted by atomic mass is 10.2. The quantitative estimate of drug-likeness (QED) is 0.690. The summed E-state index contributed by atoms with van der Waals surface area (Å²) < 4.78 is 0. The molecule has 0 aliphatic carbocycles. The van der Waals surface area contributed by atoms with Crippen LogP contribution in [0, 0.1) is 0 Å². The van der Waals surface area contributed by atoms with Gasteiger partial charge in [-0.3, -0.25) is 9.59 Å². The van der Waals surface area contributed by atoms with Crippen molar-refractivity contribution in [1.29, 1.82) is 0 Å². The standard InChI is InChI=1S/C21H21N5O2/c1-15(27)22-17-8-10-18(11-9-17)23-21(28)19-12-13-20(25-24-19)26(2)14-16-6-4-3-5-7-16/h3-13H,14H2,1-2H3,(H,22,27)(H,23,28). The molecule has 2 aromatic carbocycles. The van der Waals surface area contributed by atoms with Crippen LogP contribution in [0.3, 0.4) is 0 Å². The van der Waals surface area contributed by atoms with Gasteiger partial charge in [0, 0.05) is 31.9 Å². The second-order valence-corrected chi connectivity index (χ2v) is 6.33. The molecule has 0 spiro atoms. The summed E-state index contributed by atoms with van der Waals surface area (Å²) in [6, 6.07) is 20.3. The number of nitrogens with zero attached hydrogens (tertiary/aromatic N) is 3. The second-order valence-electron chi connectivity index (χ2n) is 6.33. The predicted octanol–water partition coefficient (Wildman–Crippen LogP) is 3.32. The molecule has 0 atom stereocenters. The number of anilines is 3. The zero-order valence-corrected chi connectivity index (χ0v) is 15.7. The Morgan fingerprint density at radius 3 is 2.07 bits per heavy atom. The summed E-state index contributed by atoms with van der Waals surface area (Å²) in [7, 11) is 1.92. The molecule has 3 rings (SSSR count). The summed E-state index contributed by atoms with van der Waals surface area (Å²) in [5.74, 6) is 0.182. The highest BCUT2D eigenvalue weighted by Crippen LogP contribution is 2.15. The molecule has 0 saturated heterocycles. The number of nitrogens with one attached hydrogen (secondary N) is 2. The monoisotopic (exact) mass is 375 g/mol. The fourth-order valence-corrected chi connectivity index (χ4v) is 2.62. The normalized spacial score (nSPS) is 10.2. The van der Waals surface area contributed by atoms with Crippen molar-refractivity contribution in [2.75, 3.05) is 22.6 Å². The van der Waals surface area contributed by atoms with E-state index in [1.165, 1.54) is 6.92 Å². The summed E-state index contributed by atoms with van der Waals surface area (Å²) in [4.78, 5) is 25.4. The minimum atomic E-state index is -0.350. The Hall–Kier alpha value is -3.74. The first-order valence-corrected chi connectivity index (χ1v) is 8.79. The summed E-state index contributed by atoms with van der Waals surface area (Å²) in [5.41, 5.74) is 2.65. The summed E-state index contributed by atoms with van der Waals surface area (Å²) in [6.45, 7) is 2.14. The molecule has 2 N–H and O–H groups in total. The third kappa shape index (κ3) is 5.14. The topological polar surface area (TPSA) is 87.2 Å². The van der Waals surface area contributed by atoms with Crippen LogP contribution in [0.4, 0.5) is 17.2 Å². The SMILES string of the molecule is CC(=O)Nc1ccc(NC(=O)c2ccc(N(C)Cc3ccccc3)nn2)cc1. The second kappa shape index (κ2) is 8.77. The molecule has 0 radical (unpaired) electrons. The van der Waals surface area contributed by atoms with Crippen LogP contribution in [0.5, 0.6) is 0 Å². The lowest BCUT2D eigenvalue weighted by molar-refractivity contribution is -0.114. The van der Waals surface area contributed by atoms with E-state index in [0.717, 1.165) is 5.56 Å². The minimum absolute atomic E-state index is 0.149. The third-order valence-corrected chi connectivity index (χ3v) is 4.00. The molecule has 0 aliphatic rings. The predicted molar refractivity (Wildman–Crippen MR) is 109 cm³/mol. The van der Waals surface area contributed by atoms with Gasteiger partial charge in [-0.15, -0.1) is 10.2 Å². The van der Waals surface area contributed by atoms with Crippen molar-refractivity contribution in [2.45, 2.75) is 13.5 Å². The first-order valence-electron chi connectivity index (χ1n) is 8.79. The zero-order valence-electron chi connectivity index (χ0n) is 15.7. The molecule has 2 amide bonds. The molecule has 7 heteroatoms. The number of aromatic nitrogens is 2. The van der Waals surface area contributed by atoms with Crippen molar-refractivity contribution >= 4 is 29.0 Å². The maximum absolute atomic E-state index is 12.4. The van der Waals surface area contributed by atoms with Crippen molar-refractivity contribution < 1.29 is 9.59 Å². The Morgan fingerprint density at radius 1 is 0.857 bits per heavy atom. The number of hydrogen-bond donors (Lipinski definition) is 2. The van der Waals surface area contributed by atoms with Crippen molar-refractivity contribution in [3.05, 3.63) is 78.0 Å². The highest BCUT2D eigenvalue weighted by Gasteiger charge is 2.11. The van der Waals surface area contributed by atoms with Crippen molar-refractivity contribution in [3.63, 3.8) is 0 Å². The summed E-state index contributed by atoms with van der Waals surface area (Å²) in [5, 5.41) is 13.6. The number of rotatable bonds is 6. The molecule has 0 aliphatic heterocycles. The van der Waals surface area contributed by atoms with Gasteiger partial charge < -0.3 is 15.5 Å². The van der Waals surface area contributed by atoms with Gasteiger partial charge >= 0.3 is 0 Å². The number of benzene rings is 2. The molecule has 0 bridgehead atoms. The van der Waals surface area contributed by atoms with Crippen LogP contribution in [0.1, 0.15) is 23.0 Å². The average molecular weight is 375 g/mol. The van der Waals surface area contributed by atoms with Crippen LogP contribution >= 0.6 is 0 Å². The van der Waals surface area contributed by atoms with Crippen molar-refractivity contribution in [1.82, 2.24) is 10.2 Å². The van der Waals surface area contributed by atoms with Gasteiger partial charge in [0.15, 0.2) is 11.5 Å². The lowest BCUT2D eigenvalue weighted by Gasteiger charge is -2.17.